The van der Waals surface area contributed by atoms with Crippen LogP contribution in [0.2, 0.25) is 0 Å². The molecule has 0 saturated carbocycles. The maximum atomic E-state index is 13.3. The highest BCUT2D eigenvalue weighted by molar-refractivity contribution is 7.14. The molecule has 8 heteroatoms. The average molecular weight is 448 g/mol. The van der Waals surface area contributed by atoms with Crippen LogP contribution in [0.1, 0.15) is 15.9 Å². The van der Waals surface area contributed by atoms with Gasteiger partial charge in [0.1, 0.15) is 5.82 Å². The van der Waals surface area contributed by atoms with Gasteiger partial charge >= 0.3 is 11.2 Å². The molecule has 0 saturated heterocycles. The van der Waals surface area contributed by atoms with Crippen molar-refractivity contribution in [2.24, 2.45) is 5.73 Å². The predicted octanol–water partition coefficient (Wildman–Crippen LogP) is 5.32. The normalized spacial score (nSPS) is 12.7. The highest BCUT2D eigenvalue weighted by Gasteiger charge is 2.46. The molecule has 0 aliphatic carbocycles. The average Bonchev–Trinajstić information content (AvgIpc) is 3.29. The number of urea groups is 1. The third-order valence-electron chi connectivity index (χ3n) is 4.98. The molecule has 1 unspecified atom stereocenters. The Kier molecular flexibility index (Phi) is 5.81. The first kappa shape index (κ1) is 21.4. The Balaban J connectivity index is 1.82. The molecule has 0 aliphatic rings. The Bertz CT molecular complexity index is 1260. The Hall–Kier alpha value is -3.88. The van der Waals surface area contributed by atoms with Gasteiger partial charge in [0, 0.05) is 28.6 Å². The number of carbonyl (C=O) groups excluding carboxylic acids is 2. The fourth-order valence-corrected chi connectivity index (χ4v) is 4.20. The molecule has 0 bridgehead atoms. The van der Waals surface area contributed by atoms with E-state index in [9.17, 15) is 14.0 Å². The Morgan fingerprint density at radius 1 is 0.969 bits per heavy atom. The van der Waals surface area contributed by atoms with Crippen molar-refractivity contribution in [2.45, 2.75) is 6.92 Å². The number of thiazole rings is 1. The molecule has 3 amide bonds. The number of halogens is 1. The molecule has 3 aromatic carbocycles. The number of hydrogen-bond acceptors (Lipinski definition) is 4. The maximum absolute atomic E-state index is 13.3. The number of rotatable bonds is 4. The molecule has 3 N–H and O–H groups in total. The number of primary amides is 1. The number of aromatic nitrogens is 1. The molecule has 0 spiro atoms. The molecule has 6 nitrogen and oxygen atoms in total. The molecule has 4 rings (SSSR count). The van der Waals surface area contributed by atoms with Gasteiger partial charge in [0.2, 0.25) is 0 Å². The minimum absolute atomic E-state index is 0.253. The van der Waals surface area contributed by atoms with E-state index >= 15 is 0 Å². The molecular weight excluding hydrogens is 427 g/mol. The molecule has 0 fully saturated rings. The van der Waals surface area contributed by atoms with Crippen molar-refractivity contribution in [3.05, 3.63) is 101 Å². The van der Waals surface area contributed by atoms with Crippen LogP contribution in [-0.2, 0) is 0 Å². The second-order valence-corrected chi connectivity index (χ2v) is 8.01. The van der Waals surface area contributed by atoms with Gasteiger partial charge in [-0.2, -0.15) is 10.4 Å². The van der Waals surface area contributed by atoms with Crippen molar-refractivity contribution in [1.82, 2.24) is 15.0 Å². The van der Waals surface area contributed by atoms with Crippen molar-refractivity contribution in [3.8, 4) is 11.3 Å². The van der Waals surface area contributed by atoms with E-state index in [0.29, 0.717) is 22.5 Å². The van der Waals surface area contributed by atoms with E-state index in [4.69, 9.17) is 5.73 Å². The van der Waals surface area contributed by atoms with E-state index in [1.54, 1.807) is 60.0 Å². The zero-order valence-corrected chi connectivity index (χ0v) is 18.0. The van der Waals surface area contributed by atoms with Crippen LogP contribution in [0.5, 0.6) is 0 Å². The lowest BCUT2D eigenvalue weighted by atomic mass is 10.1. The lowest BCUT2D eigenvalue weighted by Gasteiger charge is -2.29. The number of carbonyl (C=O) groups is 2. The van der Waals surface area contributed by atoms with Crippen molar-refractivity contribution >= 4 is 34.1 Å². The van der Waals surface area contributed by atoms with Gasteiger partial charge in [-0.05, 0) is 47.9 Å². The molecule has 1 heterocycles. The first-order valence-electron chi connectivity index (χ1n) is 9.76. The SMILES string of the molecule is Cc1ccc(C(=O)N[N+](C(N)=O)(c2ccccc2)c2nc(-c3ccc(F)cc3)cs2)cc1. The van der Waals surface area contributed by atoms with Crippen LogP contribution >= 0.6 is 11.3 Å². The standard InChI is InChI=1S/C24H19FN4O2S/c1-16-7-9-18(10-8-16)22(30)28-29(23(26)31,20-5-3-2-4-6-20)24-27-21(15-32-24)17-11-13-19(25)14-12-17/h2-15H,1H3,(H2-,26,28,30,31)/p+1. The van der Waals surface area contributed by atoms with E-state index in [1.165, 1.54) is 23.5 Å². The van der Waals surface area contributed by atoms with Crippen LogP contribution in [-0.4, -0.2) is 16.9 Å². The van der Waals surface area contributed by atoms with Gasteiger partial charge in [-0.25, -0.2) is 9.18 Å². The summed E-state index contributed by atoms with van der Waals surface area (Å²) in [5.41, 5.74) is 11.7. The number of aryl methyl sites for hydroxylation is 1. The number of quaternary nitrogens is 1. The first-order valence-corrected chi connectivity index (χ1v) is 10.6. The summed E-state index contributed by atoms with van der Waals surface area (Å²) in [7, 11) is 0. The second kappa shape index (κ2) is 8.70. The predicted molar refractivity (Wildman–Crippen MR) is 124 cm³/mol. The quantitative estimate of drug-likeness (QED) is 0.328. The minimum atomic E-state index is -0.823. The lowest BCUT2D eigenvalue weighted by molar-refractivity contribution is 0.0881. The van der Waals surface area contributed by atoms with E-state index in [1.807, 2.05) is 19.1 Å². The summed E-state index contributed by atoms with van der Waals surface area (Å²) < 4.78 is 12.5. The van der Waals surface area contributed by atoms with Gasteiger partial charge in [-0.3, -0.25) is 4.79 Å². The smallest absolute Gasteiger partial charge is 0.316 e. The van der Waals surface area contributed by atoms with Crippen LogP contribution in [0.15, 0.2) is 84.2 Å². The van der Waals surface area contributed by atoms with Gasteiger partial charge in [-0.1, -0.05) is 47.2 Å². The summed E-state index contributed by atoms with van der Waals surface area (Å²) in [5, 5.41) is 1.99. The first-order chi connectivity index (χ1) is 15.4. The van der Waals surface area contributed by atoms with E-state index in [0.717, 1.165) is 5.56 Å². The third-order valence-corrected chi connectivity index (χ3v) is 5.89. The number of nitrogens with zero attached hydrogens (tertiary/aromatic N) is 2. The molecular formula is C24H20FN4O2S+. The fourth-order valence-electron chi connectivity index (χ4n) is 3.24. The number of benzene rings is 3. The number of nitrogens with one attached hydrogen (secondary N) is 1. The van der Waals surface area contributed by atoms with E-state index in [2.05, 4.69) is 10.4 Å². The van der Waals surface area contributed by atoms with Crippen LogP contribution in [0, 0.1) is 12.7 Å². The van der Waals surface area contributed by atoms with Crippen LogP contribution in [0.3, 0.4) is 0 Å². The summed E-state index contributed by atoms with van der Waals surface area (Å²) in [6.45, 7) is 1.92. The molecule has 160 valence electrons. The fraction of sp³-hybridized carbons (Fsp3) is 0.0417. The largest absolute Gasteiger partial charge is 0.451 e. The molecule has 1 aromatic heterocycles. The highest BCUT2D eigenvalue weighted by Crippen LogP contribution is 2.37. The molecule has 1 atom stereocenters. The molecule has 32 heavy (non-hydrogen) atoms. The van der Waals surface area contributed by atoms with Crippen LogP contribution in [0.4, 0.5) is 20.0 Å². The van der Waals surface area contributed by atoms with Crippen molar-refractivity contribution in [2.75, 3.05) is 0 Å². The van der Waals surface area contributed by atoms with E-state index in [-0.39, 0.29) is 10.9 Å². The maximum Gasteiger partial charge on any atom is 0.451 e. The summed E-state index contributed by atoms with van der Waals surface area (Å²) in [6.07, 6.45) is 0. The number of nitrogens with two attached hydrogens (primary N) is 1. The topological polar surface area (TPSA) is 85.1 Å². The number of amides is 3. The summed E-state index contributed by atoms with van der Waals surface area (Å²) in [6, 6.07) is 20.7. The Morgan fingerprint density at radius 2 is 1.62 bits per heavy atom. The van der Waals surface area contributed by atoms with E-state index < -0.39 is 16.5 Å². The molecule has 0 radical (unpaired) electrons. The van der Waals surface area contributed by atoms with Crippen molar-refractivity contribution in [1.29, 1.82) is 0 Å². The summed E-state index contributed by atoms with van der Waals surface area (Å²) in [4.78, 5) is 30.7. The second-order valence-electron chi connectivity index (χ2n) is 7.17. The zero-order chi connectivity index (χ0) is 22.7. The minimum Gasteiger partial charge on any atom is -0.316 e. The van der Waals surface area contributed by atoms with Crippen molar-refractivity contribution < 1.29 is 14.0 Å². The van der Waals surface area contributed by atoms with Crippen molar-refractivity contribution in [3.63, 3.8) is 0 Å². The zero-order valence-electron chi connectivity index (χ0n) is 17.2. The van der Waals surface area contributed by atoms with Gasteiger partial charge < -0.3 is 5.73 Å². The van der Waals surface area contributed by atoms with Crippen LogP contribution in [0.25, 0.3) is 11.3 Å². The van der Waals surface area contributed by atoms with Gasteiger partial charge in [0.25, 0.3) is 5.91 Å². The number of para-hydroxylation sites is 1. The lowest BCUT2D eigenvalue weighted by Crippen LogP contribution is -2.63. The molecule has 4 aromatic rings. The van der Waals surface area contributed by atoms with Crippen LogP contribution < -0.4 is 15.8 Å². The Labute approximate surface area is 188 Å². The molecule has 0 aliphatic heterocycles. The van der Waals surface area contributed by atoms with Gasteiger partial charge in [0.15, 0.2) is 5.69 Å². The Morgan fingerprint density at radius 3 is 2.25 bits per heavy atom. The van der Waals surface area contributed by atoms with Gasteiger partial charge in [0.05, 0.1) is 5.69 Å². The van der Waals surface area contributed by atoms with Gasteiger partial charge in [-0.15, -0.1) is 0 Å². The summed E-state index contributed by atoms with van der Waals surface area (Å²) >= 11 is 1.17. The summed E-state index contributed by atoms with van der Waals surface area (Å²) in [5.74, 6) is -0.840. The highest BCUT2D eigenvalue weighted by atomic mass is 32.1. The third kappa shape index (κ3) is 4.01. The monoisotopic (exact) mass is 447 g/mol. The number of hydrogen-bond donors (Lipinski definition) is 2.